The Labute approximate surface area is 380 Å². The van der Waals surface area contributed by atoms with Crippen molar-refractivity contribution in [2.75, 3.05) is 26.4 Å². The quantitative estimate of drug-likeness (QED) is 0.0935. The molecule has 17 nitrogen and oxygen atoms in total. The molecule has 6 aromatic heterocycles. The lowest BCUT2D eigenvalue weighted by molar-refractivity contribution is -0.604. The lowest BCUT2D eigenvalue weighted by Crippen LogP contribution is -2.26. The molecule has 2 aromatic carbocycles. The summed E-state index contributed by atoms with van der Waals surface area (Å²) in [5.74, 6) is 1.81. The van der Waals surface area contributed by atoms with Gasteiger partial charge in [0.05, 0.1) is 69.9 Å². The van der Waals surface area contributed by atoms with E-state index >= 15 is 0 Å². The van der Waals surface area contributed by atoms with E-state index in [4.69, 9.17) is 47.1 Å². The molecule has 334 valence electrons. The Morgan fingerprint density at radius 3 is 1.69 bits per heavy atom. The van der Waals surface area contributed by atoms with Crippen LogP contribution in [0.2, 0.25) is 10.0 Å². The standard InChI is InChI=1S/C23H22ClN5O4.C23H22ClN5O3/c24-14-3-6-17-18(10-14)25-21(26-22(17)33-13-16-2-1-9-32-16)12-28-20-11-27(31)8-7-19(20)29(23(28)30)15-4-5-15;24-14-3-6-17-18(10-14)26-21(27-22(17)32-13-16-2-1-9-31-16)12-28-20-11-25-8-7-19(20)29(23(28)30)15-4-5-15/h3,6-8,10-11,15-16H,1-2,4-5,9,12-13H2;3,6-8,10-11,15-16H,1-2,4-5,9,12-13H2. The fourth-order valence-corrected chi connectivity index (χ4v) is 9.12. The van der Waals surface area contributed by atoms with E-state index in [1.54, 1.807) is 56.4 Å². The monoisotopic (exact) mass is 918 g/mol. The van der Waals surface area contributed by atoms with Crippen molar-refractivity contribution in [1.29, 1.82) is 0 Å². The van der Waals surface area contributed by atoms with Crippen LogP contribution in [0.5, 0.6) is 11.8 Å². The Hall–Kier alpha value is -6.14. The second-order valence-corrected chi connectivity index (χ2v) is 17.9. The molecule has 8 aromatic rings. The van der Waals surface area contributed by atoms with E-state index in [1.807, 2.05) is 22.8 Å². The normalized spacial score (nSPS) is 18.5. The van der Waals surface area contributed by atoms with Crippen LogP contribution >= 0.6 is 23.2 Å². The second kappa shape index (κ2) is 17.3. The Kier molecular flexibility index (Phi) is 11.1. The molecule has 12 rings (SSSR count). The Bertz CT molecular complexity index is 3220. The van der Waals surface area contributed by atoms with E-state index in [-0.39, 0.29) is 48.8 Å². The van der Waals surface area contributed by atoms with Crippen molar-refractivity contribution < 1.29 is 23.7 Å². The van der Waals surface area contributed by atoms with Crippen LogP contribution in [0.4, 0.5) is 0 Å². The first-order valence-corrected chi connectivity index (χ1v) is 22.8. The third-order valence-electron chi connectivity index (χ3n) is 12.3. The van der Waals surface area contributed by atoms with E-state index < -0.39 is 0 Å². The Morgan fingerprint density at radius 2 is 1.18 bits per heavy atom. The fraction of sp³-hybridized carbons (Fsp3) is 0.391. The van der Waals surface area contributed by atoms with Crippen LogP contribution in [0.25, 0.3) is 43.9 Å². The molecule has 2 atom stereocenters. The molecule has 2 saturated heterocycles. The van der Waals surface area contributed by atoms with Gasteiger partial charge in [0, 0.05) is 47.6 Å². The molecule has 65 heavy (non-hydrogen) atoms. The number of hydrogen-bond acceptors (Lipinski definition) is 12. The number of fused-ring (bicyclic) bond motifs is 4. The van der Waals surface area contributed by atoms with Crippen molar-refractivity contribution >= 4 is 67.1 Å². The lowest BCUT2D eigenvalue weighted by Gasteiger charge is -2.14. The highest BCUT2D eigenvalue weighted by Crippen LogP contribution is 2.37. The van der Waals surface area contributed by atoms with Crippen molar-refractivity contribution in [3.05, 3.63) is 121 Å². The van der Waals surface area contributed by atoms with Gasteiger partial charge >= 0.3 is 11.4 Å². The van der Waals surface area contributed by atoms with Crippen LogP contribution < -0.4 is 25.6 Å². The van der Waals surface area contributed by atoms with E-state index in [2.05, 4.69) is 19.9 Å². The highest BCUT2D eigenvalue weighted by atomic mass is 35.5. The summed E-state index contributed by atoms with van der Waals surface area (Å²) < 4.78 is 31.0. The van der Waals surface area contributed by atoms with Crippen molar-refractivity contribution in [3.8, 4) is 11.8 Å². The molecular formula is C46H44Cl2N10O7. The highest BCUT2D eigenvalue weighted by Gasteiger charge is 2.31. The van der Waals surface area contributed by atoms with E-state index in [1.165, 1.54) is 12.4 Å². The number of ether oxygens (including phenoxy) is 4. The number of hydrogen-bond donors (Lipinski definition) is 0. The third-order valence-corrected chi connectivity index (χ3v) is 12.7. The molecule has 2 aliphatic carbocycles. The molecule has 0 bridgehead atoms. The molecular weight excluding hydrogens is 875 g/mol. The van der Waals surface area contributed by atoms with Gasteiger partial charge in [-0.15, -0.1) is 0 Å². The average Bonchev–Trinajstić information content (AvgIpc) is 4.14. The van der Waals surface area contributed by atoms with Crippen LogP contribution in [0.3, 0.4) is 0 Å². The third kappa shape index (κ3) is 8.49. The molecule has 19 heteroatoms. The van der Waals surface area contributed by atoms with Gasteiger partial charge in [0.1, 0.15) is 18.7 Å². The number of rotatable bonds is 12. The molecule has 2 saturated carbocycles. The van der Waals surface area contributed by atoms with Crippen molar-refractivity contribution in [1.82, 2.24) is 43.2 Å². The fourth-order valence-electron chi connectivity index (χ4n) is 8.79. The molecule has 0 radical (unpaired) electrons. The van der Waals surface area contributed by atoms with Gasteiger partial charge in [0.25, 0.3) is 0 Å². The lowest BCUT2D eigenvalue weighted by atomic mass is 10.2. The predicted octanol–water partition coefficient (Wildman–Crippen LogP) is 6.71. The van der Waals surface area contributed by atoms with Crippen LogP contribution in [0, 0.1) is 5.21 Å². The van der Waals surface area contributed by atoms with Crippen molar-refractivity contribution in [2.24, 2.45) is 0 Å². The topological polar surface area (TPSA) is 182 Å². The molecule has 4 aliphatic rings. The summed E-state index contributed by atoms with van der Waals surface area (Å²) in [5.41, 5.74) is 4.05. The summed E-state index contributed by atoms with van der Waals surface area (Å²) in [6.07, 6.45) is 14.3. The summed E-state index contributed by atoms with van der Waals surface area (Å²) in [6, 6.07) is 14.8. The minimum absolute atomic E-state index is 0.0393. The Balaban J connectivity index is 0.000000144. The summed E-state index contributed by atoms with van der Waals surface area (Å²) in [7, 11) is 0. The molecule has 0 amide bonds. The number of nitrogens with zero attached hydrogens (tertiary/aromatic N) is 10. The largest absolute Gasteiger partial charge is 0.619 e. The summed E-state index contributed by atoms with van der Waals surface area (Å²) >= 11 is 12.4. The number of halogens is 2. The van der Waals surface area contributed by atoms with Gasteiger partial charge in [-0.25, -0.2) is 19.6 Å². The highest BCUT2D eigenvalue weighted by molar-refractivity contribution is 6.31. The maximum absolute atomic E-state index is 13.3. The van der Waals surface area contributed by atoms with Crippen LogP contribution in [0.1, 0.15) is 75.1 Å². The first-order chi connectivity index (χ1) is 31.7. The van der Waals surface area contributed by atoms with Gasteiger partial charge in [-0.2, -0.15) is 14.7 Å². The zero-order chi connectivity index (χ0) is 44.2. The minimum Gasteiger partial charge on any atom is -0.619 e. The van der Waals surface area contributed by atoms with Crippen LogP contribution in [0.15, 0.2) is 82.9 Å². The van der Waals surface area contributed by atoms with E-state index in [0.29, 0.717) is 67.9 Å². The zero-order valence-corrected chi connectivity index (χ0v) is 36.7. The zero-order valence-electron chi connectivity index (χ0n) is 35.2. The smallest absolute Gasteiger partial charge is 0.329 e. The first-order valence-electron chi connectivity index (χ1n) is 22.0. The molecule has 4 fully saturated rings. The number of imidazole rings is 2. The van der Waals surface area contributed by atoms with Crippen molar-refractivity contribution in [2.45, 2.75) is 88.7 Å². The second-order valence-electron chi connectivity index (χ2n) is 17.0. The van der Waals surface area contributed by atoms with Crippen LogP contribution in [-0.4, -0.2) is 81.8 Å². The molecule has 2 aliphatic heterocycles. The Morgan fingerprint density at radius 1 is 0.662 bits per heavy atom. The summed E-state index contributed by atoms with van der Waals surface area (Å²) in [4.78, 5) is 49.4. The first kappa shape index (κ1) is 41.6. The minimum atomic E-state index is -0.171. The van der Waals surface area contributed by atoms with Gasteiger partial charge in [-0.05, 0) is 93.8 Å². The summed E-state index contributed by atoms with van der Waals surface area (Å²) in [6.45, 7) is 2.66. The van der Waals surface area contributed by atoms with Gasteiger partial charge in [-0.1, -0.05) is 23.2 Å². The van der Waals surface area contributed by atoms with Gasteiger partial charge in [0.2, 0.25) is 18.0 Å². The van der Waals surface area contributed by atoms with E-state index in [0.717, 1.165) is 91.9 Å². The SMILES string of the molecule is O=c1n(Cc2nc(OCC3CCCO3)c3ccc(Cl)cc3n2)c2c[n+]([O-])ccc2n1C1CC1.O=c1n(Cc2nc(OCC3CCCO3)c3ccc(Cl)cc3n2)c2cnccc2n1C1CC1. The maximum Gasteiger partial charge on any atom is 0.329 e. The van der Waals surface area contributed by atoms with Gasteiger partial charge < -0.3 is 24.2 Å². The molecule has 0 spiro atoms. The number of pyridine rings is 2. The predicted molar refractivity (Wildman–Crippen MR) is 242 cm³/mol. The average molecular weight is 920 g/mol. The summed E-state index contributed by atoms with van der Waals surface area (Å²) in [5, 5.41) is 14.6. The van der Waals surface area contributed by atoms with Crippen molar-refractivity contribution in [3.63, 3.8) is 0 Å². The molecule has 0 N–H and O–H groups in total. The molecule has 8 heterocycles. The number of aromatic nitrogens is 10. The van der Waals surface area contributed by atoms with Crippen LogP contribution in [-0.2, 0) is 22.6 Å². The molecule has 2 unspecified atom stereocenters. The van der Waals surface area contributed by atoms with Gasteiger partial charge in [0.15, 0.2) is 17.8 Å². The van der Waals surface area contributed by atoms with E-state index in [9.17, 15) is 14.8 Å². The maximum atomic E-state index is 13.3. The van der Waals surface area contributed by atoms with Gasteiger partial charge in [-0.3, -0.25) is 23.3 Å². The number of benzene rings is 2.